The molecule has 0 aromatic heterocycles. The Labute approximate surface area is 119 Å². The first-order chi connectivity index (χ1) is 8.87. The van der Waals surface area contributed by atoms with Gasteiger partial charge in [0.05, 0.1) is 10.6 Å². The fourth-order valence-corrected chi connectivity index (χ4v) is 3.64. The van der Waals surface area contributed by atoms with E-state index >= 15 is 0 Å². The number of sulfone groups is 1. The predicted octanol–water partition coefficient (Wildman–Crippen LogP) is 3.14. The summed E-state index contributed by atoms with van der Waals surface area (Å²) in [6.45, 7) is 0. The predicted molar refractivity (Wildman–Crippen MR) is 75.8 cm³/mol. The molecule has 19 heavy (non-hydrogen) atoms. The largest absolute Gasteiger partial charge is 0.399 e. The van der Waals surface area contributed by atoms with Gasteiger partial charge in [0.2, 0.25) is 0 Å². The van der Waals surface area contributed by atoms with Crippen LogP contribution in [0.2, 0.25) is 0 Å². The second-order valence-corrected chi connectivity index (χ2v) is 7.01. The second-order valence-electron chi connectivity index (χ2n) is 4.11. The summed E-state index contributed by atoms with van der Waals surface area (Å²) in [5.74, 6) is -0.828. The third kappa shape index (κ3) is 3.54. The molecule has 0 aliphatic heterocycles. The van der Waals surface area contributed by atoms with Crippen LogP contribution in [0, 0.1) is 5.82 Å². The molecule has 0 heterocycles. The molecule has 0 atom stereocenters. The van der Waals surface area contributed by atoms with E-state index in [0.29, 0.717) is 10.0 Å². The summed E-state index contributed by atoms with van der Waals surface area (Å²) >= 11 is 3.22. The van der Waals surface area contributed by atoms with Crippen molar-refractivity contribution in [2.45, 2.75) is 10.6 Å². The van der Waals surface area contributed by atoms with E-state index in [0.717, 1.165) is 6.07 Å². The van der Waals surface area contributed by atoms with Gasteiger partial charge in [-0.1, -0.05) is 22.0 Å². The zero-order valence-electron chi connectivity index (χ0n) is 9.81. The topological polar surface area (TPSA) is 60.2 Å². The van der Waals surface area contributed by atoms with Crippen LogP contribution in [0.3, 0.4) is 0 Å². The van der Waals surface area contributed by atoms with Gasteiger partial charge in [0, 0.05) is 10.2 Å². The molecular weight excluding hydrogens is 333 g/mol. The minimum absolute atomic E-state index is 0.185. The van der Waals surface area contributed by atoms with E-state index in [1.54, 1.807) is 12.1 Å². The van der Waals surface area contributed by atoms with Crippen LogP contribution in [-0.4, -0.2) is 8.42 Å². The fourth-order valence-electron chi connectivity index (χ4n) is 1.72. The Bertz CT molecular complexity index is 696. The van der Waals surface area contributed by atoms with Crippen molar-refractivity contribution >= 4 is 31.5 Å². The molecule has 2 aromatic rings. The van der Waals surface area contributed by atoms with Crippen molar-refractivity contribution in [3.8, 4) is 0 Å². The maximum atomic E-state index is 13.2. The second kappa shape index (κ2) is 5.30. The number of benzene rings is 2. The molecular formula is C13H11BrFNO2S. The molecule has 2 N–H and O–H groups in total. The molecule has 0 aliphatic rings. The van der Waals surface area contributed by atoms with E-state index in [1.165, 1.54) is 24.3 Å². The summed E-state index contributed by atoms with van der Waals surface area (Å²) in [4.78, 5) is 0.185. The zero-order valence-corrected chi connectivity index (χ0v) is 12.2. The van der Waals surface area contributed by atoms with Crippen LogP contribution in [0.1, 0.15) is 5.56 Å². The van der Waals surface area contributed by atoms with Crippen LogP contribution in [0.15, 0.2) is 51.8 Å². The lowest BCUT2D eigenvalue weighted by Gasteiger charge is -2.06. The van der Waals surface area contributed by atoms with Crippen LogP contribution in [0.5, 0.6) is 0 Å². The highest BCUT2D eigenvalue weighted by atomic mass is 79.9. The van der Waals surface area contributed by atoms with Gasteiger partial charge in [-0.3, -0.25) is 0 Å². The van der Waals surface area contributed by atoms with Crippen molar-refractivity contribution in [1.29, 1.82) is 0 Å². The number of rotatable bonds is 3. The van der Waals surface area contributed by atoms with Gasteiger partial charge in [-0.15, -0.1) is 0 Å². The van der Waals surface area contributed by atoms with E-state index in [1.807, 2.05) is 0 Å². The first kappa shape index (κ1) is 14.0. The Morgan fingerprint density at radius 3 is 2.53 bits per heavy atom. The Morgan fingerprint density at radius 2 is 1.89 bits per heavy atom. The summed E-state index contributed by atoms with van der Waals surface area (Å²) in [6.07, 6.45) is 0. The molecule has 2 aromatic carbocycles. The van der Waals surface area contributed by atoms with Crippen molar-refractivity contribution in [3.63, 3.8) is 0 Å². The number of halogens is 2. The Kier molecular flexibility index (Phi) is 3.91. The van der Waals surface area contributed by atoms with Crippen molar-refractivity contribution in [1.82, 2.24) is 0 Å². The van der Waals surface area contributed by atoms with Crippen molar-refractivity contribution in [3.05, 3.63) is 58.3 Å². The molecule has 0 bridgehead atoms. The first-order valence-corrected chi connectivity index (χ1v) is 7.85. The summed E-state index contributed by atoms with van der Waals surface area (Å²) < 4.78 is 38.2. The molecule has 0 saturated heterocycles. The average Bonchev–Trinajstić information content (AvgIpc) is 2.26. The molecule has 6 heteroatoms. The SMILES string of the molecule is Nc1cc(F)cc(CS(=O)(=O)c2cccc(Br)c2)c1. The van der Waals surface area contributed by atoms with Gasteiger partial charge >= 0.3 is 0 Å². The molecule has 0 radical (unpaired) electrons. The van der Waals surface area contributed by atoms with Crippen LogP contribution >= 0.6 is 15.9 Å². The summed E-state index contributed by atoms with van der Waals surface area (Å²) in [7, 11) is -3.52. The third-order valence-corrected chi connectivity index (χ3v) is 4.67. The van der Waals surface area contributed by atoms with Crippen molar-refractivity contribution in [2.75, 3.05) is 5.73 Å². The highest BCUT2D eigenvalue weighted by Crippen LogP contribution is 2.21. The molecule has 3 nitrogen and oxygen atoms in total. The molecule has 0 unspecified atom stereocenters. The summed E-state index contributed by atoms with van der Waals surface area (Å²) in [6, 6.07) is 10.2. The van der Waals surface area contributed by atoms with Gasteiger partial charge in [0.25, 0.3) is 0 Å². The molecule has 2 rings (SSSR count). The lowest BCUT2D eigenvalue weighted by molar-refractivity contribution is 0.594. The summed E-state index contributed by atoms with van der Waals surface area (Å²) in [5, 5.41) is 0. The first-order valence-electron chi connectivity index (χ1n) is 5.40. The monoisotopic (exact) mass is 343 g/mol. The van der Waals surface area contributed by atoms with E-state index in [9.17, 15) is 12.8 Å². The van der Waals surface area contributed by atoms with Crippen LogP contribution in [-0.2, 0) is 15.6 Å². The standard InChI is InChI=1S/C13H11BrFNO2S/c14-10-2-1-3-13(6-10)19(17,18)8-9-4-11(15)7-12(16)5-9/h1-7H,8,16H2. The van der Waals surface area contributed by atoms with Gasteiger partial charge in [-0.25, -0.2) is 12.8 Å². The quantitative estimate of drug-likeness (QED) is 0.871. The Hall–Kier alpha value is -1.40. The van der Waals surface area contributed by atoms with Gasteiger partial charge in [0.1, 0.15) is 5.82 Å². The lowest BCUT2D eigenvalue weighted by atomic mass is 10.2. The van der Waals surface area contributed by atoms with Crippen LogP contribution < -0.4 is 5.73 Å². The summed E-state index contributed by atoms with van der Waals surface area (Å²) in [5.41, 5.74) is 6.04. The zero-order chi connectivity index (χ0) is 14.0. The fraction of sp³-hybridized carbons (Fsp3) is 0.0769. The van der Waals surface area contributed by atoms with E-state index < -0.39 is 15.7 Å². The Morgan fingerprint density at radius 1 is 1.16 bits per heavy atom. The number of nitrogens with two attached hydrogens (primary N) is 1. The molecule has 100 valence electrons. The van der Waals surface area contributed by atoms with Crippen molar-refractivity contribution in [2.24, 2.45) is 0 Å². The van der Waals surface area contributed by atoms with Crippen LogP contribution in [0.4, 0.5) is 10.1 Å². The maximum absolute atomic E-state index is 13.2. The highest BCUT2D eigenvalue weighted by Gasteiger charge is 2.16. The third-order valence-electron chi connectivity index (χ3n) is 2.49. The number of hydrogen-bond donors (Lipinski definition) is 1. The molecule has 0 aliphatic carbocycles. The minimum Gasteiger partial charge on any atom is -0.399 e. The lowest BCUT2D eigenvalue weighted by Crippen LogP contribution is -2.05. The Balaban J connectivity index is 2.36. The van der Waals surface area contributed by atoms with Gasteiger partial charge in [0.15, 0.2) is 9.84 Å². The number of hydrogen-bond acceptors (Lipinski definition) is 3. The average molecular weight is 344 g/mol. The number of anilines is 1. The van der Waals surface area contributed by atoms with E-state index in [2.05, 4.69) is 15.9 Å². The molecule has 0 amide bonds. The van der Waals surface area contributed by atoms with E-state index in [-0.39, 0.29) is 16.3 Å². The molecule has 0 fully saturated rings. The highest BCUT2D eigenvalue weighted by molar-refractivity contribution is 9.10. The van der Waals surface area contributed by atoms with E-state index in [4.69, 9.17) is 5.73 Å². The number of nitrogen functional groups attached to an aromatic ring is 1. The minimum atomic E-state index is -3.52. The normalized spacial score (nSPS) is 11.5. The van der Waals surface area contributed by atoms with Crippen LogP contribution in [0.25, 0.3) is 0 Å². The molecule has 0 spiro atoms. The van der Waals surface area contributed by atoms with Gasteiger partial charge < -0.3 is 5.73 Å². The molecule has 0 saturated carbocycles. The van der Waals surface area contributed by atoms with Gasteiger partial charge in [-0.2, -0.15) is 0 Å². The smallest absolute Gasteiger partial charge is 0.182 e. The maximum Gasteiger partial charge on any atom is 0.182 e. The van der Waals surface area contributed by atoms with Gasteiger partial charge in [-0.05, 0) is 42.0 Å². The van der Waals surface area contributed by atoms with Crippen molar-refractivity contribution < 1.29 is 12.8 Å².